The van der Waals surface area contributed by atoms with E-state index in [1.165, 1.54) is 11.8 Å². The summed E-state index contributed by atoms with van der Waals surface area (Å²) in [7, 11) is 4.95. The number of nitrogens with two attached hydrogens (primary N) is 1. The SMILES string of the molecule is COc1ccc(-c2nnc(SCC(=O)Nc3ccccc3C(N)=O)n2C)cc1OC. The maximum absolute atomic E-state index is 12.3. The number of carbonyl (C=O) groups is 2. The van der Waals surface area contributed by atoms with Crippen LogP contribution in [0.25, 0.3) is 11.4 Å². The molecule has 9 nitrogen and oxygen atoms in total. The third-order valence-corrected chi connectivity index (χ3v) is 5.30. The zero-order valence-corrected chi connectivity index (χ0v) is 17.5. The van der Waals surface area contributed by atoms with E-state index in [9.17, 15) is 9.59 Å². The largest absolute Gasteiger partial charge is 0.493 e. The Morgan fingerprint density at radius 3 is 2.53 bits per heavy atom. The van der Waals surface area contributed by atoms with Gasteiger partial charge in [-0.1, -0.05) is 23.9 Å². The van der Waals surface area contributed by atoms with E-state index in [0.29, 0.717) is 28.2 Å². The number of primary amides is 1. The van der Waals surface area contributed by atoms with Crippen molar-refractivity contribution in [3.05, 3.63) is 48.0 Å². The van der Waals surface area contributed by atoms with Crippen molar-refractivity contribution in [1.29, 1.82) is 0 Å². The molecule has 10 heteroatoms. The third kappa shape index (κ3) is 4.54. The van der Waals surface area contributed by atoms with Crippen LogP contribution in [0.2, 0.25) is 0 Å². The normalized spacial score (nSPS) is 10.5. The van der Waals surface area contributed by atoms with Crippen LogP contribution in [0.3, 0.4) is 0 Å². The molecule has 0 saturated heterocycles. The van der Waals surface area contributed by atoms with Gasteiger partial charge in [0.1, 0.15) is 0 Å². The van der Waals surface area contributed by atoms with Gasteiger partial charge < -0.3 is 25.1 Å². The van der Waals surface area contributed by atoms with Crippen molar-refractivity contribution in [2.24, 2.45) is 12.8 Å². The van der Waals surface area contributed by atoms with E-state index in [4.69, 9.17) is 15.2 Å². The second kappa shape index (κ2) is 9.31. The number of carbonyl (C=O) groups excluding carboxylic acids is 2. The molecule has 3 aromatic rings. The average Bonchev–Trinajstić information content (AvgIpc) is 3.12. The summed E-state index contributed by atoms with van der Waals surface area (Å²) in [5.41, 5.74) is 6.77. The van der Waals surface area contributed by atoms with Crippen molar-refractivity contribution >= 4 is 29.3 Å². The summed E-state index contributed by atoms with van der Waals surface area (Å²) in [6, 6.07) is 12.0. The topological polar surface area (TPSA) is 121 Å². The number of rotatable bonds is 8. The Balaban J connectivity index is 1.70. The van der Waals surface area contributed by atoms with E-state index in [1.54, 1.807) is 49.1 Å². The number of nitrogens with zero attached hydrogens (tertiary/aromatic N) is 3. The summed E-state index contributed by atoms with van der Waals surface area (Å²) in [6.45, 7) is 0. The predicted octanol–water partition coefficient (Wildman–Crippen LogP) is 2.33. The second-order valence-corrected chi connectivity index (χ2v) is 7.12. The zero-order chi connectivity index (χ0) is 21.7. The van der Waals surface area contributed by atoms with Gasteiger partial charge in [0.15, 0.2) is 22.5 Å². The monoisotopic (exact) mass is 427 g/mol. The molecule has 2 amide bonds. The summed E-state index contributed by atoms with van der Waals surface area (Å²) in [5.74, 6) is 1.02. The molecule has 0 radical (unpaired) electrons. The van der Waals surface area contributed by atoms with Crippen LogP contribution in [0, 0.1) is 0 Å². The van der Waals surface area contributed by atoms with Gasteiger partial charge in [0.2, 0.25) is 5.91 Å². The minimum Gasteiger partial charge on any atom is -0.493 e. The summed E-state index contributed by atoms with van der Waals surface area (Å²) in [5, 5.41) is 11.7. The van der Waals surface area contributed by atoms with E-state index < -0.39 is 5.91 Å². The first-order valence-corrected chi connectivity index (χ1v) is 9.86. The Hall–Kier alpha value is -3.53. The lowest BCUT2D eigenvalue weighted by Gasteiger charge is -2.10. The fourth-order valence-corrected chi connectivity index (χ4v) is 3.50. The van der Waals surface area contributed by atoms with Crippen molar-refractivity contribution < 1.29 is 19.1 Å². The first-order valence-electron chi connectivity index (χ1n) is 8.88. The molecule has 0 aliphatic carbocycles. The second-order valence-electron chi connectivity index (χ2n) is 6.18. The van der Waals surface area contributed by atoms with Crippen molar-refractivity contribution in [3.8, 4) is 22.9 Å². The lowest BCUT2D eigenvalue weighted by atomic mass is 10.1. The van der Waals surface area contributed by atoms with Crippen LogP contribution in [0.1, 0.15) is 10.4 Å². The van der Waals surface area contributed by atoms with Crippen LogP contribution in [-0.4, -0.2) is 46.6 Å². The van der Waals surface area contributed by atoms with Gasteiger partial charge in [0.25, 0.3) is 5.91 Å². The standard InChI is InChI=1S/C20H21N5O4S/c1-25-19(12-8-9-15(28-2)16(10-12)29-3)23-24-20(25)30-11-17(26)22-14-7-5-4-6-13(14)18(21)27/h4-10H,11H2,1-3H3,(H2,21,27)(H,22,26). The van der Waals surface area contributed by atoms with Gasteiger partial charge in [-0.15, -0.1) is 10.2 Å². The highest BCUT2D eigenvalue weighted by molar-refractivity contribution is 7.99. The number of benzene rings is 2. The molecule has 156 valence electrons. The van der Waals surface area contributed by atoms with Crippen molar-refractivity contribution in [2.45, 2.75) is 5.16 Å². The van der Waals surface area contributed by atoms with Gasteiger partial charge in [0, 0.05) is 12.6 Å². The highest BCUT2D eigenvalue weighted by atomic mass is 32.2. The highest BCUT2D eigenvalue weighted by Gasteiger charge is 2.16. The maximum Gasteiger partial charge on any atom is 0.250 e. The summed E-state index contributed by atoms with van der Waals surface area (Å²) < 4.78 is 12.4. The summed E-state index contributed by atoms with van der Waals surface area (Å²) >= 11 is 1.23. The summed E-state index contributed by atoms with van der Waals surface area (Å²) in [6.07, 6.45) is 0. The quantitative estimate of drug-likeness (QED) is 0.529. The fourth-order valence-electron chi connectivity index (χ4n) is 2.79. The molecule has 0 unspecified atom stereocenters. The Morgan fingerprint density at radius 1 is 1.10 bits per heavy atom. The van der Waals surface area contributed by atoms with Crippen LogP contribution >= 0.6 is 11.8 Å². The predicted molar refractivity (Wildman–Crippen MR) is 114 cm³/mol. The molecular weight excluding hydrogens is 406 g/mol. The zero-order valence-electron chi connectivity index (χ0n) is 16.7. The average molecular weight is 427 g/mol. The molecule has 0 fully saturated rings. The Bertz CT molecular complexity index is 1080. The molecule has 3 rings (SSSR count). The lowest BCUT2D eigenvalue weighted by Crippen LogP contribution is -2.19. The molecule has 0 atom stereocenters. The number of amides is 2. The third-order valence-electron chi connectivity index (χ3n) is 4.28. The highest BCUT2D eigenvalue weighted by Crippen LogP contribution is 2.32. The number of thioether (sulfide) groups is 1. The van der Waals surface area contributed by atoms with Crippen molar-refractivity contribution in [3.63, 3.8) is 0 Å². The van der Waals surface area contributed by atoms with Gasteiger partial charge >= 0.3 is 0 Å². The fraction of sp³-hybridized carbons (Fsp3) is 0.200. The molecule has 0 spiro atoms. The Labute approximate surface area is 177 Å². The van der Waals surface area contributed by atoms with E-state index in [-0.39, 0.29) is 17.2 Å². The van der Waals surface area contributed by atoms with E-state index in [1.807, 2.05) is 19.2 Å². The van der Waals surface area contributed by atoms with Gasteiger partial charge in [-0.05, 0) is 30.3 Å². The number of anilines is 1. The first-order chi connectivity index (χ1) is 14.4. The van der Waals surface area contributed by atoms with Crippen LogP contribution in [0.5, 0.6) is 11.5 Å². The smallest absolute Gasteiger partial charge is 0.250 e. The number of nitrogens with one attached hydrogen (secondary N) is 1. The number of methoxy groups -OCH3 is 2. The van der Waals surface area contributed by atoms with Crippen LogP contribution in [0.15, 0.2) is 47.6 Å². The summed E-state index contributed by atoms with van der Waals surface area (Å²) in [4.78, 5) is 23.8. The van der Waals surface area contributed by atoms with Crippen molar-refractivity contribution in [2.75, 3.05) is 25.3 Å². The molecular formula is C20H21N5O4S. The number of ether oxygens (including phenoxy) is 2. The van der Waals surface area contributed by atoms with Crippen LogP contribution < -0.4 is 20.5 Å². The molecule has 0 aliphatic rings. The molecule has 1 heterocycles. The minimum atomic E-state index is -0.605. The number of hydrogen-bond donors (Lipinski definition) is 2. The molecule has 0 aliphatic heterocycles. The van der Waals surface area contributed by atoms with Crippen LogP contribution in [0.4, 0.5) is 5.69 Å². The number of aromatic nitrogens is 3. The van der Waals surface area contributed by atoms with E-state index in [2.05, 4.69) is 15.5 Å². The molecule has 0 saturated carbocycles. The van der Waals surface area contributed by atoms with Crippen LogP contribution in [-0.2, 0) is 11.8 Å². The van der Waals surface area contributed by atoms with E-state index in [0.717, 1.165) is 5.56 Å². The first kappa shape index (κ1) is 21.2. The maximum atomic E-state index is 12.3. The van der Waals surface area contributed by atoms with Gasteiger partial charge in [-0.3, -0.25) is 9.59 Å². The molecule has 0 bridgehead atoms. The van der Waals surface area contributed by atoms with Gasteiger partial charge in [-0.25, -0.2) is 0 Å². The number of hydrogen-bond acceptors (Lipinski definition) is 7. The van der Waals surface area contributed by atoms with E-state index >= 15 is 0 Å². The van der Waals surface area contributed by atoms with Crippen molar-refractivity contribution in [1.82, 2.24) is 14.8 Å². The lowest BCUT2D eigenvalue weighted by molar-refractivity contribution is -0.113. The molecule has 1 aromatic heterocycles. The Morgan fingerprint density at radius 2 is 1.83 bits per heavy atom. The minimum absolute atomic E-state index is 0.0883. The Kier molecular flexibility index (Phi) is 6.58. The molecule has 3 N–H and O–H groups in total. The van der Waals surface area contributed by atoms with Gasteiger partial charge in [-0.2, -0.15) is 0 Å². The molecule has 2 aromatic carbocycles. The van der Waals surface area contributed by atoms with Gasteiger partial charge in [0.05, 0.1) is 31.2 Å². The number of para-hydroxylation sites is 1. The molecule has 30 heavy (non-hydrogen) atoms.